The molecular weight excluding hydrogens is 280 g/mol. The lowest BCUT2D eigenvalue weighted by molar-refractivity contribution is -0.148. The van der Waals surface area contributed by atoms with Gasteiger partial charge in [-0.15, -0.1) is 0 Å². The van der Waals surface area contributed by atoms with E-state index in [9.17, 15) is 9.59 Å². The van der Waals surface area contributed by atoms with E-state index in [0.29, 0.717) is 13.0 Å². The van der Waals surface area contributed by atoms with Crippen molar-refractivity contribution in [3.05, 3.63) is 35.4 Å². The zero-order chi connectivity index (χ0) is 16.0. The molecule has 0 amide bonds. The summed E-state index contributed by atoms with van der Waals surface area (Å²) in [6.45, 7) is 2.22. The van der Waals surface area contributed by atoms with Crippen LogP contribution < -0.4 is 0 Å². The first-order valence-electron chi connectivity index (χ1n) is 7.96. The van der Waals surface area contributed by atoms with E-state index in [1.165, 1.54) is 12.7 Å². The van der Waals surface area contributed by atoms with Crippen molar-refractivity contribution in [1.82, 2.24) is 0 Å². The smallest absolute Gasteiger partial charge is 0.316 e. The minimum absolute atomic E-state index is 0.159. The minimum atomic E-state index is -0.542. The number of unbranched alkanes of at least 4 members (excludes halogenated alkanes) is 1. The summed E-state index contributed by atoms with van der Waals surface area (Å²) in [6.07, 6.45) is 4.37. The van der Waals surface area contributed by atoms with Crippen molar-refractivity contribution in [2.75, 3.05) is 13.7 Å². The van der Waals surface area contributed by atoms with Crippen molar-refractivity contribution in [2.24, 2.45) is 0 Å². The Labute approximate surface area is 131 Å². The Hall–Kier alpha value is -1.84. The fourth-order valence-electron chi connectivity index (χ4n) is 3.39. The molecule has 1 aromatic rings. The number of hydrogen-bond donors (Lipinski definition) is 0. The van der Waals surface area contributed by atoms with Crippen LogP contribution in [0.15, 0.2) is 24.3 Å². The fraction of sp³-hybridized carbons (Fsp3) is 0.556. The molecule has 120 valence electrons. The molecule has 1 aliphatic rings. The molecule has 2 rings (SSSR count). The first-order chi connectivity index (χ1) is 10.6. The monoisotopic (exact) mass is 304 g/mol. The second-order valence-electron chi connectivity index (χ2n) is 5.74. The van der Waals surface area contributed by atoms with Gasteiger partial charge in [-0.2, -0.15) is 0 Å². The second kappa shape index (κ2) is 7.43. The van der Waals surface area contributed by atoms with Crippen molar-refractivity contribution in [2.45, 2.75) is 50.9 Å². The maximum atomic E-state index is 12.4. The standard InChI is InChI=1S/C18H24O4/c1-3-22-16(19)10-6-7-12-18(17(20)21-2)13-11-14-8-4-5-9-15(14)18/h4-5,8-9H,3,6-7,10-13H2,1-2H3. The molecule has 22 heavy (non-hydrogen) atoms. The number of ether oxygens (including phenoxy) is 2. The van der Waals surface area contributed by atoms with Crippen molar-refractivity contribution in [3.8, 4) is 0 Å². The van der Waals surface area contributed by atoms with Crippen LogP contribution in [0.4, 0.5) is 0 Å². The minimum Gasteiger partial charge on any atom is -0.468 e. The van der Waals surface area contributed by atoms with Gasteiger partial charge in [0, 0.05) is 6.42 Å². The van der Waals surface area contributed by atoms with E-state index < -0.39 is 5.41 Å². The van der Waals surface area contributed by atoms with Crippen LogP contribution in [0.2, 0.25) is 0 Å². The summed E-state index contributed by atoms with van der Waals surface area (Å²) in [5.74, 6) is -0.324. The lowest BCUT2D eigenvalue weighted by Crippen LogP contribution is -2.34. The number of aryl methyl sites for hydroxylation is 1. The average Bonchev–Trinajstić information content (AvgIpc) is 2.91. The molecule has 4 heteroatoms. The van der Waals surface area contributed by atoms with Gasteiger partial charge in [0.25, 0.3) is 0 Å². The van der Waals surface area contributed by atoms with Crippen LogP contribution in [0.5, 0.6) is 0 Å². The van der Waals surface area contributed by atoms with Gasteiger partial charge in [-0.3, -0.25) is 9.59 Å². The summed E-state index contributed by atoms with van der Waals surface area (Å²) >= 11 is 0. The van der Waals surface area contributed by atoms with Gasteiger partial charge in [0.2, 0.25) is 0 Å². The summed E-state index contributed by atoms with van der Waals surface area (Å²) < 4.78 is 10.0. The highest BCUT2D eigenvalue weighted by atomic mass is 16.5. The quantitative estimate of drug-likeness (QED) is 0.573. The molecule has 0 saturated heterocycles. The van der Waals surface area contributed by atoms with E-state index in [1.807, 2.05) is 18.2 Å². The van der Waals surface area contributed by atoms with Gasteiger partial charge in [0.1, 0.15) is 0 Å². The van der Waals surface area contributed by atoms with Crippen LogP contribution in [-0.4, -0.2) is 25.7 Å². The maximum absolute atomic E-state index is 12.4. The number of benzene rings is 1. The van der Waals surface area contributed by atoms with E-state index >= 15 is 0 Å². The number of methoxy groups -OCH3 is 1. The van der Waals surface area contributed by atoms with Crippen LogP contribution in [0.25, 0.3) is 0 Å². The van der Waals surface area contributed by atoms with Crippen LogP contribution >= 0.6 is 0 Å². The molecule has 0 spiro atoms. The van der Waals surface area contributed by atoms with Crippen LogP contribution in [0.1, 0.15) is 50.2 Å². The molecule has 1 unspecified atom stereocenters. The van der Waals surface area contributed by atoms with Crippen molar-refractivity contribution in [1.29, 1.82) is 0 Å². The normalized spacial score (nSPS) is 19.5. The first kappa shape index (κ1) is 16.5. The third-order valence-electron chi connectivity index (χ3n) is 4.47. The van der Waals surface area contributed by atoms with E-state index in [-0.39, 0.29) is 11.9 Å². The SMILES string of the molecule is CCOC(=O)CCCCC1(C(=O)OC)CCc2ccccc21. The largest absolute Gasteiger partial charge is 0.468 e. The van der Waals surface area contributed by atoms with E-state index in [2.05, 4.69) is 6.07 Å². The third-order valence-corrected chi connectivity index (χ3v) is 4.47. The van der Waals surface area contributed by atoms with Crippen LogP contribution in [-0.2, 0) is 30.9 Å². The lowest BCUT2D eigenvalue weighted by atomic mass is 9.77. The molecule has 0 radical (unpaired) electrons. The third kappa shape index (κ3) is 3.32. The topological polar surface area (TPSA) is 52.6 Å². The zero-order valence-corrected chi connectivity index (χ0v) is 13.4. The predicted molar refractivity (Wildman–Crippen MR) is 83.6 cm³/mol. The fourth-order valence-corrected chi connectivity index (χ4v) is 3.39. The molecule has 4 nitrogen and oxygen atoms in total. The Bertz CT molecular complexity index is 538. The molecule has 1 atom stereocenters. The molecule has 0 aliphatic heterocycles. The summed E-state index contributed by atoms with van der Waals surface area (Å²) in [5.41, 5.74) is 1.79. The van der Waals surface area contributed by atoms with Gasteiger partial charge in [0.15, 0.2) is 0 Å². The Morgan fingerprint density at radius 3 is 2.73 bits per heavy atom. The number of hydrogen-bond acceptors (Lipinski definition) is 4. The lowest BCUT2D eigenvalue weighted by Gasteiger charge is -2.27. The van der Waals surface area contributed by atoms with Gasteiger partial charge in [-0.25, -0.2) is 0 Å². The van der Waals surface area contributed by atoms with Gasteiger partial charge in [-0.1, -0.05) is 30.7 Å². The highest BCUT2D eigenvalue weighted by Crippen LogP contribution is 2.43. The van der Waals surface area contributed by atoms with Gasteiger partial charge in [0.05, 0.1) is 19.1 Å². The zero-order valence-electron chi connectivity index (χ0n) is 13.4. The highest BCUT2D eigenvalue weighted by Gasteiger charge is 2.45. The Morgan fingerprint density at radius 1 is 1.23 bits per heavy atom. The van der Waals surface area contributed by atoms with Gasteiger partial charge < -0.3 is 9.47 Å². The van der Waals surface area contributed by atoms with E-state index in [0.717, 1.165) is 37.7 Å². The Morgan fingerprint density at radius 2 is 2.00 bits per heavy atom. The molecule has 0 heterocycles. The molecular formula is C18H24O4. The van der Waals surface area contributed by atoms with Crippen molar-refractivity contribution >= 4 is 11.9 Å². The molecule has 0 bridgehead atoms. The van der Waals surface area contributed by atoms with E-state index in [4.69, 9.17) is 9.47 Å². The summed E-state index contributed by atoms with van der Waals surface area (Å²) in [5, 5.41) is 0. The average molecular weight is 304 g/mol. The van der Waals surface area contributed by atoms with Crippen molar-refractivity contribution < 1.29 is 19.1 Å². The van der Waals surface area contributed by atoms with Gasteiger partial charge >= 0.3 is 11.9 Å². The predicted octanol–water partition coefficient (Wildman–Crippen LogP) is 3.17. The molecule has 1 aliphatic carbocycles. The molecule has 0 aromatic heterocycles. The molecule has 1 aromatic carbocycles. The number of rotatable bonds is 7. The van der Waals surface area contributed by atoms with Gasteiger partial charge in [-0.05, 0) is 43.7 Å². The Balaban J connectivity index is 2.03. The maximum Gasteiger partial charge on any atom is 0.316 e. The number of esters is 2. The van der Waals surface area contributed by atoms with Crippen LogP contribution in [0.3, 0.4) is 0 Å². The highest BCUT2D eigenvalue weighted by molar-refractivity contribution is 5.84. The summed E-state index contributed by atoms with van der Waals surface area (Å²) in [6, 6.07) is 8.09. The summed E-state index contributed by atoms with van der Waals surface area (Å²) in [7, 11) is 1.45. The molecule has 0 N–H and O–H groups in total. The number of fused-ring (bicyclic) bond motifs is 1. The molecule has 0 saturated carbocycles. The van der Waals surface area contributed by atoms with E-state index in [1.54, 1.807) is 6.92 Å². The Kier molecular flexibility index (Phi) is 5.58. The number of carbonyl (C=O) groups excluding carboxylic acids is 2. The van der Waals surface area contributed by atoms with Crippen molar-refractivity contribution in [3.63, 3.8) is 0 Å². The summed E-state index contributed by atoms with van der Waals surface area (Å²) in [4.78, 5) is 23.8. The second-order valence-corrected chi connectivity index (χ2v) is 5.74. The van der Waals surface area contributed by atoms with Crippen LogP contribution in [0, 0.1) is 0 Å². The first-order valence-corrected chi connectivity index (χ1v) is 7.96. The molecule has 0 fully saturated rings. The number of carbonyl (C=O) groups is 2.